The molecule has 8 atom stereocenters. The quantitative estimate of drug-likeness (QED) is 0.237. The van der Waals surface area contributed by atoms with E-state index in [0.717, 1.165) is 43.9 Å². The van der Waals surface area contributed by atoms with Crippen LogP contribution >= 0.6 is 0 Å². The monoisotopic (exact) mass is 525 g/mol. The molecule has 3 saturated carbocycles. The van der Waals surface area contributed by atoms with Crippen LogP contribution in [0, 0.1) is 40.4 Å². The first-order valence-corrected chi connectivity index (χ1v) is 15.5. The van der Waals surface area contributed by atoms with E-state index in [2.05, 4.69) is 52.0 Å². The number of oxime groups is 1. The van der Waals surface area contributed by atoms with Gasteiger partial charge >= 0.3 is 6.09 Å². The molecule has 212 valence electrons. The van der Waals surface area contributed by atoms with E-state index in [-0.39, 0.29) is 23.0 Å². The fourth-order valence-electron chi connectivity index (χ4n) is 9.57. The van der Waals surface area contributed by atoms with Gasteiger partial charge in [-0.1, -0.05) is 31.5 Å². The Balaban J connectivity index is 1.23. The van der Waals surface area contributed by atoms with Crippen LogP contribution in [-0.2, 0) is 9.63 Å². The van der Waals surface area contributed by atoms with Gasteiger partial charge in [0.2, 0.25) is 0 Å². The van der Waals surface area contributed by atoms with Crippen molar-refractivity contribution in [1.29, 1.82) is 0 Å². The summed E-state index contributed by atoms with van der Waals surface area (Å²) < 4.78 is 0. The number of allylic oxidation sites excluding steroid dienone is 1. The molecule has 6 nitrogen and oxygen atoms in total. The molecule has 38 heavy (non-hydrogen) atoms. The highest BCUT2D eigenvalue weighted by atomic mass is 16.7. The number of rotatable bonds is 6. The van der Waals surface area contributed by atoms with Crippen LogP contribution in [0.4, 0.5) is 4.79 Å². The van der Waals surface area contributed by atoms with Gasteiger partial charge < -0.3 is 10.2 Å². The Hall–Kier alpha value is -1.69. The first-order chi connectivity index (χ1) is 18.0. The smallest absolute Gasteiger partial charge is 0.314 e. The zero-order valence-electron chi connectivity index (χ0n) is 24.7. The molecule has 0 aromatic rings. The van der Waals surface area contributed by atoms with Crippen LogP contribution in [-0.4, -0.2) is 47.7 Å². The highest BCUT2D eigenvalue weighted by Gasteiger charge is 2.59. The van der Waals surface area contributed by atoms with Gasteiger partial charge in [0.05, 0.1) is 5.71 Å². The summed E-state index contributed by atoms with van der Waals surface area (Å²) in [5.41, 5.74) is 2.85. The minimum absolute atomic E-state index is 0.0853. The predicted octanol–water partition coefficient (Wildman–Crippen LogP) is 6.75. The molecule has 0 radical (unpaired) electrons. The fourth-order valence-corrected chi connectivity index (χ4v) is 9.57. The van der Waals surface area contributed by atoms with Crippen LogP contribution in [0.15, 0.2) is 16.8 Å². The second-order valence-corrected chi connectivity index (χ2v) is 14.3. The number of carbonyl (C=O) groups excluding carboxylic acids is 2. The van der Waals surface area contributed by atoms with Crippen molar-refractivity contribution in [3.63, 3.8) is 0 Å². The Labute approximate surface area is 230 Å². The zero-order chi connectivity index (χ0) is 27.2. The lowest BCUT2D eigenvalue weighted by Gasteiger charge is -2.58. The standard InChI is InChI=1S/C32H51N3O3/c1-20(2)35(16-13-24-17-21(3)19-33-24)30(37)38-34-22(4)27-9-10-28-26-8-7-23-18-25(36)11-14-31(23,5)29(26)12-15-32(27,28)6/h18,20-21,24,26-29,33H,7-17,19H2,1-6H3/b34-22+/t21?,24?,26-,27+,28-,29-,31-,32+/m0/s1. The third-order valence-electron chi connectivity index (χ3n) is 11.8. The van der Waals surface area contributed by atoms with Crippen LogP contribution in [0.1, 0.15) is 106 Å². The molecule has 6 heteroatoms. The summed E-state index contributed by atoms with van der Waals surface area (Å²) in [6.45, 7) is 15.2. The number of ketones is 1. The van der Waals surface area contributed by atoms with E-state index in [1.807, 2.05) is 11.0 Å². The van der Waals surface area contributed by atoms with Gasteiger partial charge in [0.1, 0.15) is 0 Å². The van der Waals surface area contributed by atoms with Crippen molar-refractivity contribution >= 4 is 17.6 Å². The van der Waals surface area contributed by atoms with E-state index in [1.165, 1.54) is 37.7 Å². The fraction of sp³-hybridized carbons (Fsp3) is 0.844. The van der Waals surface area contributed by atoms with Gasteiger partial charge in [0, 0.05) is 31.0 Å². The van der Waals surface area contributed by atoms with E-state index in [1.54, 1.807) is 0 Å². The van der Waals surface area contributed by atoms with E-state index in [9.17, 15) is 9.59 Å². The summed E-state index contributed by atoms with van der Waals surface area (Å²) >= 11 is 0. The lowest BCUT2D eigenvalue weighted by molar-refractivity contribution is -0.117. The Bertz CT molecular complexity index is 988. The zero-order valence-corrected chi connectivity index (χ0v) is 24.7. The maximum absolute atomic E-state index is 13.1. The molecule has 4 fully saturated rings. The van der Waals surface area contributed by atoms with E-state index in [0.29, 0.717) is 48.5 Å². The largest absolute Gasteiger partial charge is 0.436 e. The van der Waals surface area contributed by atoms with Gasteiger partial charge in [0.25, 0.3) is 0 Å². The summed E-state index contributed by atoms with van der Waals surface area (Å²) in [4.78, 5) is 32.6. The van der Waals surface area contributed by atoms with E-state index >= 15 is 0 Å². The average Bonchev–Trinajstić information content (AvgIpc) is 3.45. The topological polar surface area (TPSA) is 71.0 Å². The van der Waals surface area contributed by atoms with Crippen LogP contribution in [0.2, 0.25) is 0 Å². The molecule has 0 aromatic heterocycles. The number of nitrogens with one attached hydrogen (secondary N) is 1. The number of amides is 1. The number of nitrogens with zero attached hydrogens (tertiary/aromatic N) is 2. The molecular weight excluding hydrogens is 474 g/mol. The van der Waals surface area contributed by atoms with Gasteiger partial charge in [-0.05, 0) is 126 Å². The van der Waals surface area contributed by atoms with Crippen LogP contribution in [0.3, 0.4) is 0 Å². The molecule has 5 aliphatic rings. The van der Waals surface area contributed by atoms with Gasteiger partial charge in [-0.2, -0.15) is 0 Å². The summed E-state index contributed by atoms with van der Waals surface area (Å²) in [6.07, 6.45) is 12.7. The minimum Gasteiger partial charge on any atom is -0.314 e. The molecule has 4 aliphatic carbocycles. The maximum atomic E-state index is 13.1. The molecule has 2 unspecified atom stereocenters. The van der Waals surface area contributed by atoms with Crippen LogP contribution in [0.25, 0.3) is 0 Å². The first kappa shape index (κ1) is 27.9. The predicted molar refractivity (Wildman–Crippen MR) is 152 cm³/mol. The number of carbonyl (C=O) groups is 2. The van der Waals surface area contributed by atoms with E-state index in [4.69, 9.17) is 4.84 Å². The molecule has 1 saturated heterocycles. The molecule has 1 N–H and O–H groups in total. The van der Waals surface area contributed by atoms with Gasteiger partial charge in [-0.3, -0.25) is 9.63 Å². The highest BCUT2D eigenvalue weighted by Crippen LogP contribution is 2.66. The lowest BCUT2D eigenvalue weighted by atomic mass is 9.46. The molecule has 1 aliphatic heterocycles. The molecule has 0 bridgehead atoms. The highest BCUT2D eigenvalue weighted by molar-refractivity contribution is 5.91. The summed E-state index contributed by atoms with van der Waals surface area (Å²) in [6, 6.07) is 0.569. The van der Waals surface area contributed by atoms with Gasteiger partial charge in [-0.25, -0.2) is 4.79 Å². The van der Waals surface area contributed by atoms with E-state index < -0.39 is 0 Å². The van der Waals surface area contributed by atoms with Crippen LogP contribution in [0.5, 0.6) is 0 Å². The van der Waals surface area contributed by atoms with Crippen molar-refractivity contribution in [3.05, 3.63) is 11.6 Å². The molecule has 0 spiro atoms. The maximum Gasteiger partial charge on any atom is 0.436 e. The Morgan fingerprint density at radius 1 is 1.16 bits per heavy atom. The summed E-state index contributed by atoms with van der Waals surface area (Å²) in [5, 5.41) is 8.06. The van der Waals surface area contributed by atoms with Crippen molar-refractivity contribution in [2.24, 2.45) is 45.6 Å². The Morgan fingerprint density at radius 2 is 1.95 bits per heavy atom. The summed E-state index contributed by atoms with van der Waals surface area (Å²) in [7, 11) is 0. The number of fused-ring (bicyclic) bond motifs is 5. The first-order valence-electron chi connectivity index (χ1n) is 15.5. The second kappa shape index (κ2) is 10.7. The van der Waals surface area contributed by atoms with Crippen molar-refractivity contribution in [1.82, 2.24) is 10.2 Å². The second-order valence-electron chi connectivity index (χ2n) is 14.3. The number of hydrogen-bond donors (Lipinski definition) is 1. The molecule has 0 aromatic carbocycles. The third-order valence-corrected chi connectivity index (χ3v) is 11.8. The van der Waals surface area contributed by atoms with Gasteiger partial charge in [-0.15, -0.1) is 0 Å². The Kier molecular flexibility index (Phi) is 7.85. The SMILES string of the molecule is C/C(=N\OC(=O)N(CCC1CC(C)CN1)C(C)C)[C@H]1CC[C@H]2[C@@H]3CCC4=CC(=O)CC[C@]4(C)[C@H]3CC[C@]12C. The van der Waals surface area contributed by atoms with Gasteiger partial charge in [0.15, 0.2) is 5.78 Å². The molecule has 5 rings (SSSR count). The summed E-state index contributed by atoms with van der Waals surface area (Å²) in [5.74, 6) is 3.53. The van der Waals surface area contributed by atoms with Crippen LogP contribution < -0.4 is 5.32 Å². The molecule has 1 amide bonds. The Morgan fingerprint density at radius 3 is 2.66 bits per heavy atom. The lowest BCUT2D eigenvalue weighted by Crippen LogP contribution is -2.51. The molecule has 1 heterocycles. The number of hydrogen-bond acceptors (Lipinski definition) is 5. The average molecular weight is 526 g/mol. The third kappa shape index (κ3) is 4.99. The van der Waals surface area contributed by atoms with Crippen molar-refractivity contribution in [2.45, 2.75) is 118 Å². The van der Waals surface area contributed by atoms with Crippen molar-refractivity contribution < 1.29 is 14.4 Å². The minimum atomic E-state index is -0.319. The molecular formula is C32H51N3O3. The normalized spacial score (nSPS) is 40.9. The van der Waals surface area contributed by atoms with Crippen molar-refractivity contribution in [2.75, 3.05) is 13.1 Å². The van der Waals surface area contributed by atoms with Crippen molar-refractivity contribution in [3.8, 4) is 0 Å².